The van der Waals surface area contributed by atoms with Crippen LogP contribution in [-0.4, -0.2) is 0 Å². The number of nitrogens with two attached hydrogens (primary N) is 1. The van der Waals surface area contributed by atoms with Gasteiger partial charge in [0.15, 0.2) is 0 Å². The molecule has 0 saturated heterocycles. The zero-order valence-electron chi connectivity index (χ0n) is 8.18. The van der Waals surface area contributed by atoms with Crippen LogP contribution < -0.4 is 5.73 Å². The summed E-state index contributed by atoms with van der Waals surface area (Å²) in [4.78, 5) is 0. The summed E-state index contributed by atoms with van der Waals surface area (Å²) >= 11 is 11.9. The van der Waals surface area contributed by atoms with Crippen LogP contribution in [0.25, 0.3) is 11.1 Å². The Morgan fingerprint density at radius 2 is 1.75 bits per heavy atom. The zero-order chi connectivity index (χ0) is 11.7. The molecule has 0 unspecified atom stereocenters. The van der Waals surface area contributed by atoms with Crippen LogP contribution in [0.2, 0.25) is 10.0 Å². The molecule has 0 aromatic heterocycles. The van der Waals surface area contributed by atoms with Crippen LogP contribution in [0, 0.1) is 5.82 Å². The summed E-state index contributed by atoms with van der Waals surface area (Å²) < 4.78 is 13.3. The average Bonchev–Trinajstić information content (AvgIpc) is 2.26. The lowest BCUT2D eigenvalue weighted by Crippen LogP contribution is -1.94. The molecule has 0 heterocycles. The molecule has 2 aromatic carbocycles. The third-order valence-corrected chi connectivity index (χ3v) is 2.84. The van der Waals surface area contributed by atoms with Crippen molar-refractivity contribution in [2.75, 3.05) is 5.73 Å². The molecule has 0 aliphatic rings. The fourth-order valence-corrected chi connectivity index (χ4v) is 1.87. The maximum atomic E-state index is 13.3. The van der Waals surface area contributed by atoms with Gasteiger partial charge in [0.05, 0.1) is 5.69 Å². The molecule has 1 nitrogen and oxygen atoms in total. The monoisotopic (exact) mass is 255 g/mol. The summed E-state index contributed by atoms with van der Waals surface area (Å²) in [5, 5.41) is 1.02. The third-order valence-electron chi connectivity index (χ3n) is 2.27. The molecule has 4 heteroatoms. The summed E-state index contributed by atoms with van der Waals surface area (Å²) in [6.45, 7) is 0. The molecule has 0 fully saturated rings. The molecule has 0 aliphatic carbocycles. The number of anilines is 1. The Hall–Kier alpha value is -1.25. The Morgan fingerprint density at radius 1 is 1.00 bits per heavy atom. The highest BCUT2D eigenvalue weighted by atomic mass is 35.5. The minimum Gasteiger partial charge on any atom is -0.396 e. The van der Waals surface area contributed by atoms with Gasteiger partial charge in [-0.3, -0.25) is 0 Å². The predicted octanol–water partition coefficient (Wildman–Crippen LogP) is 4.38. The van der Waals surface area contributed by atoms with Gasteiger partial charge in [0.25, 0.3) is 0 Å². The SMILES string of the molecule is Nc1c(F)cccc1-c1cc(Cl)ccc1Cl. The Morgan fingerprint density at radius 3 is 2.50 bits per heavy atom. The lowest BCUT2D eigenvalue weighted by Gasteiger charge is -2.08. The number of rotatable bonds is 1. The van der Waals surface area contributed by atoms with E-state index >= 15 is 0 Å². The minimum absolute atomic E-state index is 0.0756. The molecule has 82 valence electrons. The van der Waals surface area contributed by atoms with Crippen LogP contribution >= 0.6 is 23.2 Å². The van der Waals surface area contributed by atoms with Gasteiger partial charge in [-0.25, -0.2) is 4.39 Å². The van der Waals surface area contributed by atoms with Crippen LogP contribution in [0.5, 0.6) is 0 Å². The summed E-state index contributed by atoms with van der Waals surface area (Å²) in [7, 11) is 0. The summed E-state index contributed by atoms with van der Waals surface area (Å²) in [5.41, 5.74) is 6.91. The number of hydrogen-bond acceptors (Lipinski definition) is 1. The Balaban J connectivity index is 2.67. The lowest BCUT2D eigenvalue weighted by molar-refractivity contribution is 0.633. The van der Waals surface area contributed by atoms with Crippen LogP contribution in [0.4, 0.5) is 10.1 Å². The van der Waals surface area contributed by atoms with Crippen LogP contribution in [-0.2, 0) is 0 Å². The first-order valence-electron chi connectivity index (χ1n) is 4.59. The predicted molar refractivity (Wildman–Crippen MR) is 66.3 cm³/mol. The second kappa shape index (κ2) is 4.32. The Bertz CT molecular complexity index is 541. The fraction of sp³-hybridized carbons (Fsp3) is 0. The van der Waals surface area contributed by atoms with Gasteiger partial charge >= 0.3 is 0 Å². The zero-order valence-corrected chi connectivity index (χ0v) is 9.69. The van der Waals surface area contributed by atoms with Crippen molar-refractivity contribution in [3.8, 4) is 11.1 Å². The molecule has 0 aliphatic heterocycles. The molecule has 0 saturated carbocycles. The Kier molecular flexibility index (Phi) is 3.03. The lowest BCUT2D eigenvalue weighted by atomic mass is 10.0. The number of nitrogen functional groups attached to an aromatic ring is 1. The van der Waals surface area contributed by atoms with E-state index in [1.165, 1.54) is 6.07 Å². The van der Waals surface area contributed by atoms with Gasteiger partial charge in [-0.1, -0.05) is 35.3 Å². The van der Waals surface area contributed by atoms with E-state index in [0.29, 0.717) is 21.2 Å². The smallest absolute Gasteiger partial charge is 0.146 e. The molecule has 0 amide bonds. The molecule has 2 N–H and O–H groups in total. The van der Waals surface area contributed by atoms with Crippen molar-refractivity contribution in [2.24, 2.45) is 0 Å². The molecule has 2 aromatic rings. The van der Waals surface area contributed by atoms with Crippen molar-refractivity contribution in [3.63, 3.8) is 0 Å². The first kappa shape index (κ1) is 11.2. The molecule has 16 heavy (non-hydrogen) atoms. The van der Waals surface area contributed by atoms with Crippen molar-refractivity contribution in [1.29, 1.82) is 0 Å². The van der Waals surface area contributed by atoms with Crippen LogP contribution in [0.15, 0.2) is 36.4 Å². The van der Waals surface area contributed by atoms with Crippen molar-refractivity contribution < 1.29 is 4.39 Å². The van der Waals surface area contributed by atoms with E-state index in [-0.39, 0.29) is 5.69 Å². The van der Waals surface area contributed by atoms with E-state index in [1.54, 1.807) is 30.3 Å². The highest BCUT2D eigenvalue weighted by Crippen LogP contribution is 2.34. The molecule has 0 spiro atoms. The summed E-state index contributed by atoms with van der Waals surface area (Å²) in [6, 6.07) is 9.58. The number of para-hydroxylation sites is 1. The molecule has 0 atom stereocenters. The molecule has 2 rings (SSSR count). The van der Waals surface area contributed by atoms with Gasteiger partial charge in [0.1, 0.15) is 5.82 Å². The van der Waals surface area contributed by atoms with Crippen molar-refractivity contribution >= 4 is 28.9 Å². The minimum atomic E-state index is -0.464. The average molecular weight is 256 g/mol. The molecule has 0 radical (unpaired) electrons. The van der Waals surface area contributed by atoms with Gasteiger partial charge in [0.2, 0.25) is 0 Å². The van der Waals surface area contributed by atoms with Crippen molar-refractivity contribution in [2.45, 2.75) is 0 Å². The maximum absolute atomic E-state index is 13.3. The largest absolute Gasteiger partial charge is 0.396 e. The first-order chi connectivity index (χ1) is 7.59. The van der Waals surface area contributed by atoms with Gasteiger partial charge in [-0.05, 0) is 24.3 Å². The van der Waals surface area contributed by atoms with Gasteiger partial charge in [0, 0.05) is 21.2 Å². The van der Waals surface area contributed by atoms with Gasteiger partial charge < -0.3 is 5.73 Å². The van der Waals surface area contributed by atoms with E-state index < -0.39 is 5.82 Å². The van der Waals surface area contributed by atoms with Gasteiger partial charge in [-0.15, -0.1) is 0 Å². The van der Waals surface area contributed by atoms with Crippen LogP contribution in [0.1, 0.15) is 0 Å². The van der Waals surface area contributed by atoms with Crippen molar-refractivity contribution in [1.82, 2.24) is 0 Å². The molecular weight excluding hydrogens is 248 g/mol. The molecule has 0 bridgehead atoms. The number of hydrogen-bond donors (Lipinski definition) is 1. The standard InChI is InChI=1S/C12H8Cl2FN/c13-7-4-5-10(14)9(6-7)8-2-1-3-11(15)12(8)16/h1-6H,16H2. The summed E-state index contributed by atoms with van der Waals surface area (Å²) in [5.74, 6) is -0.464. The third kappa shape index (κ3) is 1.99. The highest BCUT2D eigenvalue weighted by molar-refractivity contribution is 6.35. The maximum Gasteiger partial charge on any atom is 0.146 e. The number of halogens is 3. The summed E-state index contributed by atoms with van der Waals surface area (Å²) in [6.07, 6.45) is 0. The van der Waals surface area contributed by atoms with E-state index in [9.17, 15) is 4.39 Å². The molecular formula is C12H8Cl2FN. The van der Waals surface area contributed by atoms with Gasteiger partial charge in [-0.2, -0.15) is 0 Å². The quantitative estimate of drug-likeness (QED) is 0.752. The highest BCUT2D eigenvalue weighted by Gasteiger charge is 2.10. The fourth-order valence-electron chi connectivity index (χ4n) is 1.48. The van der Waals surface area contributed by atoms with E-state index in [0.717, 1.165) is 0 Å². The second-order valence-electron chi connectivity index (χ2n) is 3.33. The normalized spacial score (nSPS) is 10.4. The Labute approximate surface area is 103 Å². The topological polar surface area (TPSA) is 26.0 Å². The first-order valence-corrected chi connectivity index (χ1v) is 5.34. The second-order valence-corrected chi connectivity index (χ2v) is 4.17. The van der Waals surface area contributed by atoms with Crippen molar-refractivity contribution in [3.05, 3.63) is 52.3 Å². The number of benzene rings is 2. The van der Waals surface area contributed by atoms with E-state index in [4.69, 9.17) is 28.9 Å². The van der Waals surface area contributed by atoms with E-state index in [1.807, 2.05) is 0 Å². The van der Waals surface area contributed by atoms with Crippen LogP contribution in [0.3, 0.4) is 0 Å². The van der Waals surface area contributed by atoms with E-state index in [2.05, 4.69) is 0 Å².